The summed E-state index contributed by atoms with van der Waals surface area (Å²) in [4.78, 5) is 4.35. The molecule has 0 aliphatic carbocycles. The van der Waals surface area contributed by atoms with Gasteiger partial charge in [-0.25, -0.2) is 4.99 Å². The van der Waals surface area contributed by atoms with E-state index < -0.39 is 0 Å². The molecule has 0 heterocycles. The summed E-state index contributed by atoms with van der Waals surface area (Å²) in [6, 6.07) is 7.43. The Kier molecular flexibility index (Phi) is 7.47. The fraction of sp³-hybridized carbons (Fsp3) is 0.385. The quantitative estimate of drug-likeness (QED) is 0.285. The molecule has 0 saturated carbocycles. The number of hydrogen-bond donors (Lipinski definition) is 1. The third-order valence-electron chi connectivity index (χ3n) is 2.13. The maximum Gasteiger partial charge on any atom is 0.183 e. The Morgan fingerprint density at radius 2 is 2.21 bits per heavy atom. The highest BCUT2D eigenvalue weighted by molar-refractivity contribution is 8.13. The molecule has 1 aromatic rings. The highest BCUT2D eigenvalue weighted by Crippen LogP contribution is 2.27. The molecular formula is C13H17N3O2S. The number of ether oxygens (including phenoxy) is 2. The number of para-hydroxylation sites is 2. The Morgan fingerprint density at radius 1 is 1.42 bits per heavy atom. The van der Waals surface area contributed by atoms with Crippen molar-refractivity contribution in [2.24, 2.45) is 4.99 Å². The second kappa shape index (κ2) is 9.25. The zero-order valence-corrected chi connectivity index (χ0v) is 11.9. The first kappa shape index (κ1) is 15.3. The Hall–Kier alpha value is -1.71. The number of nitrogens with one attached hydrogen (secondary N) is 1. The predicted molar refractivity (Wildman–Crippen MR) is 77.8 cm³/mol. The maximum absolute atomic E-state index is 8.61. The number of hydrogen-bond acceptors (Lipinski definition) is 5. The summed E-state index contributed by atoms with van der Waals surface area (Å²) in [5.41, 5.74) is 0.686. The summed E-state index contributed by atoms with van der Waals surface area (Å²) in [5, 5.41) is 11.7. The van der Waals surface area contributed by atoms with Crippen molar-refractivity contribution >= 4 is 22.6 Å². The van der Waals surface area contributed by atoms with Crippen molar-refractivity contribution < 1.29 is 9.47 Å². The van der Waals surface area contributed by atoms with E-state index in [0.717, 1.165) is 0 Å². The van der Waals surface area contributed by atoms with Gasteiger partial charge in [-0.3, -0.25) is 5.32 Å². The van der Waals surface area contributed by atoms with Crippen LogP contribution in [0.5, 0.6) is 5.75 Å². The van der Waals surface area contributed by atoms with Crippen LogP contribution in [-0.2, 0) is 4.74 Å². The lowest BCUT2D eigenvalue weighted by atomic mass is 10.3. The van der Waals surface area contributed by atoms with Crippen LogP contribution in [0.3, 0.4) is 0 Å². The number of nitriles is 1. The third kappa shape index (κ3) is 5.64. The van der Waals surface area contributed by atoms with Gasteiger partial charge in [0.25, 0.3) is 0 Å². The number of amidine groups is 1. The molecule has 0 aliphatic heterocycles. The molecule has 0 unspecified atom stereocenters. The fourth-order valence-corrected chi connectivity index (χ4v) is 1.65. The molecule has 0 aromatic heterocycles. The summed E-state index contributed by atoms with van der Waals surface area (Å²) < 4.78 is 10.8. The second-order valence-corrected chi connectivity index (χ2v) is 4.17. The van der Waals surface area contributed by atoms with Crippen LogP contribution in [0.15, 0.2) is 29.3 Å². The van der Waals surface area contributed by atoms with Crippen LogP contribution in [0, 0.1) is 11.5 Å². The first-order chi connectivity index (χ1) is 9.31. The predicted octanol–water partition coefficient (Wildman–Crippen LogP) is 2.52. The van der Waals surface area contributed by atoms with Crippen molar-refractivity contribution in [2.75, 3.05) is 26.1 Å². The monoisotopic (exact) mass is 279 g/mol. The zero-order chi connectivity index (χ0) is 13.9. The van der Waals surface area contributed by atoms with Crippen molar-refractivity contribution in [3.8, 4) is 11.9 Å². The van der Waals surface area contributed by atoms with E-state index in [4.69, 9.17) is 14.7 Å². The molecule has 0 spiro atoms. The van der Waals surface area contributed by atoms with E-state index in [1.807, 2.05) is 43.6 Å². The number of rotatable bonds is 6. The molecule has 5 nitrogen and oxygen atoms in total. The van der Waals surface area contributed by atoms with Crippen LogP contribution in [0.4, 0.5) is 5.69 Å². The Bertz CT molecular complexity index is 457. The third-order valence-corrected chi connectivity index (χ3v) is 2.71. The largest absolute Gasteiger partial charge is 0.489 e. The van der Waals surface area contributed by atoms with Crippen LogP contribution in [0.25, 0.3) is 0 Å². The molecule has 0 bridgehead atoms. The topological polar surface area (TPSA) is 66.6 Å². The first-order valence-corrected chi connectivity index (χ1v) is 7.11. The molecule has 0 aliphatic rings. The number of nitrogens with zero attached hydrogens (tertiary/aromatic N) is 2. The lowest BCUT2D eigenvalue weighted by molar-refractivity contribution is 0.110. The van der Waals surface area contributed by atoms with Crippen molar-refractivity contribution in [3.63, 3.8) is 0 Å². The van der Waals surface area contributed by atoms with Gasteiger partial charge >= 0.3 is 0 Å². The van der Waals surface area contributed by atoms with E-state index in [1.54, 1.807) is 0 Å². The Labute approximate surface area is 117 Å². The molecule has 0 fully saturated rings. The average molecular weight is 279 g/mol. The van der Waals surface area contributed by atoms with Gasteiger partial charge in [-0.1, -0.05) is 23.9 Å². The van der Waals surface area contributed by atoms with Gasteiger partial charge in [-0.2, -0.15) is 5.26 Å². The van der Waals surface area contributed by atoms with Crippen molar-refractivity contribution in [2.45, 2.75) is 6.92 Å². The summed E-state index contributed by atoms with van der Waals surface area (Å²) in [6.07, 6.45) is 3.70. The molecular weight excluding hydrogens is 262 g/mol. The van der Waals surface area contributed by atoms with Gasteiger partial charge in [-0.05, 0) is 25.3 Å². The normalized spacial score (nSPS) is 10.9. The van der Waals surface area contributed by atoms with Gasteiger partial charge in [0.2, 0.25) is 0 Å². The van der Waals surface area contributed by atoms with Gasteiger partial charge < -0.3 is 9.47 Å². The molecule has 19 heavy (non-hydrogen) atoms. The van der Waals surface area contributed by atoms with Gasteiger partial charge in [0.05, 0.1) is 6.61 Å². The minimum atomic E-state index is 0.473. The van der Waals surface area contributed by atoms with Crippen LogP contribution in [0.2, 0.25) is 0 Å². The molecule has 6 heteroatoms. The first-order valence-electron chi connectivity index (χ1n) is 5.89. The fourth-order valence-electron chi connectivity index (χ4n) is 1.31. The standard InChI is InChI=1S/C13H17N3O2S/c1-3-17-8-9-18-12-7-5-4-6-11(12)16-13(19-2)15-10-14/h4-7H,3,8-9H2,1-2H3,(H,15,16). The van der Waals surface area contributed by atoms with Crippen molar-refractivity contribution in [3.05, 3.63) is 24.3 Å². The molecule has 1 rings (SSSR count). The van der Waals surface area contributed by atoms with Gasteiger partial charge in [0.15, 0.2) is 11.4 Å². The van der Waals surface area contributed by atoms with E-state index in [2.05, 4.69) is 10.3 Å². The number of benzene rings is 1. The molecule has 1 aromatic carbocycles. The van der Waals surface area contributed by atoms with Crippen LogP contribution < -0.4 is 10.1 Å². The molecule has 102 valence electrons. The Balaban J connectivity index is 2.75. The summed E-state index contributed by atoms with van der Waals surface area (Å²) in [6.45, 7) is 3.63. The van der Waals surface area contributed by atoms with Gasteiger partial charge in [0.1, 0.15) is 18.0 Å². The van der Waals surface area contributed by atoms with Crippen LogP contribution >= 0.6 is 11.8 Å². The van der Waals surface area contributed by atoms with Gasteiger partial charge in [0, 0.05) is 6.61 Å². The summed E-state index contributed by atoms with van der Waals surface area (Å²) in [5.74, 6) is 0.675. The molecule has 1 N–H and O–H groups in total. The summed E-state index contributed by atoms with van der Waals surface area (Å²) >= 11 is 1.37. The van der Waals surface area contributed by atoms with E-state index >= 15 is 0 Å². The van der Waals surface area contributed by atoms with Crippen LogP contribution in [-0.4, -0.2) is 31.2 Å². The molecule has 0 atom stereocenters. The Morgan fingerprint density at radius 3 is 2.89 bits per heavy atom. The lowest BCUT2D eigenvalue weighted by Gasteiger charge is -2.09. The lowest BCUT2D eigenvalue weighted by Crippen LogP contribution is -2.12. The molecule has 0 saturated heterocycles. The van der Waals surface area contributed by atoms with E-state index in [-0.39, 0.29) is 0 Å². The van der Waals surface area contributed by atoms with Crippen molar-refractivity contribution in [1.82, 2.24) is 5.32 Å². The van der Waals surface area contributed by atoms with Gasteiger partial charge in [-0.15, -0.1) is 0 Å². The molecule has 0 amide bonds. The van der Waals surface area contributed by atoms with E-state index in [9.17, 15) is 0 Å². The van der Waals surface area contributed by atoms with E-state index in [0.29, 0.717) is 36.4 Å². The van der Waals surface area contributed by atoms with E-state index in [1.165, 1.54) is 11.8 Å². The van der Waals surface area contributed by atoms with Crippen LogP contribution in [0.1, 0.15) is 6.92 Å². The smallest absolute Gasteiger partial charge is 0.183 e. The number of thioether (sulfide) groups is 1. The maximum atomic E-state index is 8.61. The number of aliphatic imine (C=N–C) groups is 1. The summed E-state index contributed by atoms with van der Waals surface area (Å²) in [7, 11) is 0. The minimum absolute atomic E-state index is 0.473. The SMILES string of the molecule is CCOCCOc1ccccc1N=C(NC#N)SC. The van der Waals surface area contributed by atoms with Crippen molar-refractivity contribution in [1.29, 1.82) is 5.26 Å². The average Bonchev–Trinajstić information content (AvgIpc) is 2.44. The second-order valence-electron chi connectivity index (χ2n) is 3.37. The minimum Gasteiger partial charge on any atom is -0.489 e. The molecule has 0 radical (unpaired) electrons. The zero-order valence-electron chi connectivity index (χ0n) is 11.0. The highest BCUT2D eigenvalue weighted by Gasteiger charge is 2.03. The highest BCUT2D eigenvalue weighted by atomic mass is 32.2.